The maximum absolute atomic E-state index is 12.5. The third-order valence-corrected chi connectivity index (χ3v) is 3.80. The topological polar surface area (TPSA) is 74.9 Å². The molecule has 0 saturated carbocycles. The van der Waals surface area contributed by atoms with Gasteiger partial charge in [0.05, 0.1) is 5.52 Å². The van der Waals surface area contributed by atoms with Crippen LogP contribution in [-0.2, 0) is 14.1 Å². The second kappa shape index (κ2) is 4.37. The Balaban J connectivity index is 2.53. The van der Waals surface area contributed by atoms with Gasteiger partial charge in [0, 0.05) is 25.2 Å². The molecule has 21 heavy (non-hydrogen) atoms. The van der Waals surface area contributed by atoms with Gasteiger partial charge in [-0.25, -0.2) is 4.79 Å². The molecular weight excluding hydrogens is 268 g/mol. The Morgan fingerprint density at radius 2 is 1.71 bits per heavy atom. The summed E-state index contributed by atoms with van der Waals surface area (Å²) in [5.41, 5.74) is 7.27. The molecule has 0 unspecified atom stereocenters. The van der Waals surface area contributed by atoms with E-state index in [1.54, 1.807) is 11.6 Å². The van der Waals surface area contributed by atoms with Crippen molar-refractivity contribution in [1.29, 1.82) is 0 Å². The summed E-state index contributed by atoms with van der Waals surface area (Å²) >= 11 is 0. The van der Waals surface area contributed by atoms with Crippen molar-refractivity contribution in [3.05, 3.63) is 56.9 Å². The number of fused-ring (bicyclic) bond motifs is 1. The lowest BCUT2D eigenvalue weighted by molar-refractivity contribution is 0.684. The van der Waals surface area contributed by atoms with E-state index in [1.165, 1.54) is 11.6 Å². The van der Waals surface area contributed by atoms with Crippen LogP contribution in [0.1, 0.15) is 5.69 Å². The van der Waals surface area contributed by atoms with Crippen molar-refractivity contribution in [2.45, 2.75) is 6.92 Å². The van der Waals surface area contributed by atoms with Crippen LogP contribution in [0.5, 0.6) is 0 Å². The minimum Gasteiger partial charge on any atom is -0.383 e. The molecule has 6 nitrogen and oxygen atoms in total. The average molecular weight is 284 g/mol. The van der Waals surface area contributed by atoms with Crippen molar-refractivity contribution in [2.75, 3.05) is 5.73 Å². The van der Waals surface area contributed by atoms with Crippen molar-refractivity contribution in [1.82, 2.24) is 13.7 Å². The van der Waals surface area contributed by atoms with E-state index < -0.39 is 11.2 Å². The first-order valence-corrected chi connectivity index (χ1v) is 6.56. The molecule has 0 fully saturated rings. The molecule has 6 heteroatoms. The standard InChI is InChI=1S/C15H16N4O2/c1-9-8-10-6-4-5-7-11(10)19(9)12-13(16)17(2)15(21)18(3)14(12)20/h4-8H,16H2,1-3H3. The lowest BCUT2D eigenvalue weighted by atomic mass is 10.2. The van der Waals surface area contributed by atoms with E-state index >= 15 is 0 Å². The summed E-state index contributed by atoms with van der Waals surface area (Å²) in [6.45, 7) is 1.91. The van der Waals surface area contributed by atoms with Gasteiger partial charge in [0.2, 0.25) is 0 Å². The van der Waals surface area contributed by atoms with Crippen LogP contribution in [0.3, 0.4) is 0 Å². The van der Waals surface area contributed by atoms with E-state index in [2.05, 4.69) is 0 Å². The van der Waals surface area contributed by atoms with Gasteiger partial charge in [0.1, 0.15) is 5.82 Å². The normalized spacial score (nSPS) is 11.2. The van der Waals surface area contributed by atoms with Crippen LogP contribution >= 0.6 is 0 Å². The molecule has 2 heterocycles. The maximum atomic E-state index is 12.5. The van der Waals surface area contributed by atoms with Crippen LogP contribution in [0, 0.1) is 6.92 Å². The molecule has 0 bridgehead atoms. The number of para-hydroxylation sites is 1. The second-order valence-corrected chi connectivity index (χ2v) is 5.12. The van der Waals surface area contributed by atoms with E-state index in [0.29, 0.717) is 5.69 Å². The Morgan fingerprint density at radius 1 is 1.05 bits per heavy atom. The third kappa shape index (κ3) is 1.72. The maximum Gasteiger partial charge on any atom is 0.332 e. The molecule has 0 aliphatic heterocycles. The molecule has 108 valence electrons. The fourth-order valence-electron chi connectivity index (χ4n) is 2.64. The number of nitrogens with two attached hydrogens (primary N) is 1. The summed E-state index contributed by atoms with van der Waals surface area (Å²) in [4.78, 5) is 24.4. The Kier molecular flexibility index (Phi) is 2.76. The molecule has 0 aliphatic carbocycles. The third-order valence-electron chi connectivity index (χ3n) is 3.80. The number of benzene rings is 1. The highest BCUT2D eigenvalue weighted by molar-refractivity contribution is 5.84. The number of aryl methyl sites for hydroxylation is 1. The Labute approximate surface area is 120 Å². The number of nitrogen functional groups attached to an aromatic ring is 1. The lowest BCUT2D eigenvalue weighted by Gasteiger charge is -2.14. The summed E-state index contributed by atoms with van der Waals surface area (Å²) in [6.07, 6.45) is 0. The average Bonchev–Trinajstić information content (AvgIpc) is 2.80. The largest absolute Gasteiger partial charge is 0.383 e. The first kappa shape index (κ1) is 13.2. The van der Waals surface area contributed by atoms with Gasteiger partial charge in [0.25, 0.3) is 5.56 Å². The predicted octanol–water partition coefficient (Wildman–Crippen LogP) is 0.919. The van der Waals surface area contributed by atoms with E-state index in [0.717, 1.165) is 21.2 Å². The van der Waals surface area contributed by atoms with E-state index in [4.69, 9.17) is 5.73 Å². The van der Waals surface area contributed by atoms with Crippen LogP contribution in [0.15, 0.2) is 39.9 Å². The van der Waals surface area contributed by atoms with Gasteiger partial charge >= 0.3 is 5.69 Å². The molecule has 1 aromatic carbocycles. The molecule has 3 rings (SSSR count). The van der Waals surface area contributed by atoms with Crippen molar-refractivity contribution >= 4 is 16.7 Å². The molecule has 2 aromatic heterocycles. The molecule has 0 spiro atoms. The van der Waals surface area contributed by atoms with Gasteiger partial charge in [-0.05, 0) is 19.1 Å². The van der Waals surface area contributed by atoms with Crippen LogP contribution in [0.4, 0.5) is 5.82 Å². The van der Waals surface area contributed by atoms with Crippen molar-refractivity contribution in [3.8, 4) is 5.69 Å². The molecule has 0 radical (unpaired) electrons. The minimum absolute atomic E-state index is 0.160. The number of rotatable bonds is 1. The lowest BCUT2D eigenvalue weighted by Crippen LogP contribution is -2.40. The number of hydrogen-bond acceptors (Lipinski definition) is 3. The molecule has 0 aliphatic rings. The van der Waals surface area contributed by atoms with Gasteiger partial charge in [0.15, 0.2) is 5.69 Å². The SMILES string of the molecule is Cc1cc2ccccc2n1-c1c(N)n(C)c(=O)n(C)c1=O. The number of hydrogen-bond donors (Lipinski definition) is 1. The number of anilines is 1. The number of nitrogens with zero attached hydrogens (tertiary/aromatic N) is 3. The fourth-order valence-corrected chi connectivity index (χ4v) is 2.64. The van der Waals surface area contributed by atoms with Gasteiger partial charge < -0.3 is 10.3 Å². The summed E-state index contributed by atoms with van der Waals surface area (Å²) in [6, 6.07) is 9.72. The van der Waals surface area contributed by atoms with Gasteiger partial charge in [-0.15, -0.1) is 0 Å². The highest BCUT2D eigenvalue weighted by Gasteiger charge is 2.18. The Bertz CT molecular complexity index is 976. The van der Waals surface area contributed by atoms with E-state index in [9.17, 15) is 9.59 Å². The summed E-state index contributed by atoms with van der Waals surface area (Å²) in [7, 11) is 3.01. The van der Waals surface area contributed by atoms with Gasteiger partial charge in [-0.2, -0.15) is 0 Å². The highest BCUT2D eigenvalue weighted by Crippen LogP contribution is 2.24. The molecule has 0 amide bonds. The van der Waals surface area contributed by atoms with Crippen molar-refractivity contribution in [3.63, 3.8) is 0 Å². The zero-order valence-electron chi connectivity index (χ0n) is 12.1. The summed E-state index contributed by atoms with van der Waals surface area (Å²) < 4.78 is 4.15. The van der Waals surface area contributed by atoms with Crippen LogP contribution in [0.25, 0.3) is 16.6 Å². The zero-order valence-corrected chi connectivity index (χ0v) is 12.1. The molecule has 0 saturated heterocycles. The number of aromatic nitrogens is 3. The summed E-state index contributed by atoms with van der Waals surface area (Å²) in [5, 5.41) is 1.02. The van der Waals surface area contributed by atoms with Crippen LogP contribution < -0.4 is 17.0 Å². The zero-order chi connectivity index (χ0) is 15.3. The summed E-state index contributed by atoms with van der Waals surface area (Å²) in [5.74, 6) is 0.160. The van der Waals surface area contributed by atoms with Crippen molar-refractivity contribution < 1.29 is 0 Å². The molecule has 3 aromatic rings. The quantitative estimate of drug-likeness (QED) is 0.722. The first-order chi connectivity index (χ1) is 9.93. The van der Waals surface area contributed by atoms with E-state index in [-0.39, 0.29) is 5.82 Å². The Morgan fingerprint density at radius 3 is 2.43 bits per heavy atom. The fraction of sp³-hybridized carbons (Fsp3) is 0.200. The smallest absolute Gasteiger partial charge is 0.332 e. The van der Waals surface area contributed by atoms with E-state index in [1.807, 2.05) is 37.3 Å². The molecular formula is C15H16N4O2. The second-order valence-electron chi connectivity index (χ2n) is 5.12. The highest BCUT2D eigenvalue weighted by atomic mass is 16.2. The van der Waals surface area contributed by atoms with Crippen LogP contribution in [-0.4, -0.2) is 13.7 Å². The van der Waals surface area contributed by atoms with Gasteiger partial charge in [-0.3, -0.25) is 13.9 Å². The Hall–Kier alpha value is -2.76. The molecule has 0 atom stereocenters. The van der Waals surface area contributed by atoms with Gasteiger partial charge in [-0.1, -0.05) is 18.2 Å². The van der Waals surface area contributed by atoms with Crippen LogP contribution in [0.2, 0.25) is 0 Å². The molecule has 2 N–H and O–H groups in total. The van der Waals surface area contributed by atoms with Crippen molar-refractivity contribution in [2.24, 2.45) is 14.1 Å². The first-order valence-electron chi connectivity index (χ1n) is 6.56. The minimum atomic E-state index is -0.435. The predicted molar refractivity (Wildman–Crippen MR) is 82.9 cm³/mol. The monoisotopic (exact) mass is 284 g/mol.